The van der Waals surface area contributed by atoms with Crippen molar-refractivity contribution >= 4 is 5.97 Å². The van der Waals surface area contributed by atoms with Crippen LogP contribution in [-0.2, 0) is 14.3 Å². The first-order valence-electron chi connectivity index (χ1n) is 6.27. The molecule has 1 N–H and O–H groups in total. The van der Waals surface area contributed by atoms with E-state index in [-0.39, 0.29) is 12.0 Å². The zero-order valence-corrected chi connectivity index (χ0v) is 11.1. The summed E-state index contributed by atoms with van der Waals surface area (Å²) in [6, 6.07) is -0.236. The molecular weight excluding hydrogens is 220 g/mol. The zero-order valence-electron chi connectivity index (χ0n) is 11.1. The molecule has 0 amide bonds. The highest BCUT2D eigenvalue weighted by atomic mass is 16.5. The van der Waals surface area contributed by atoms with Gasteiger partial charge in [0.15, 0.2) is 0 Å². The highest BCUT2D eigenvalue weighted by Gasteiger charge is 2.25. The number of esters is 1. The molecule has 17 heavy (non-hydrogen) atoms. The number of rotatable bonds is 6. The molecule has 0 aromatic heterocycles. The van der Waals surface area contributed by atoms with E-state index in [1.807, 2.05) is 6.92 Å². The van der Waals surface area contributed by atoms with Gasteiger partial charge in [0.25, 0.3) is 0 Å². The van der Waals surface area contributed by atoms with Gasteiger partial charge in [-0.25, -0.2) is 0 Å². The average molecular weight is 244 g/mol. The van der Waals surface area contributed by atoms with E-state index in [9.17, 15) is 4.79 Å². The molecule has 0 bridgehead atoms. The third-order valence-electron chi connectivity index (χ3n) is 3.17. The quantitative estimate of drug-likeness (QED) is 0.679. The molecule has 1 fully saturated rings. The van der Waals surface area contributed by atoms with Crippen molar-refractivity contribution in [1.82, 2.24) is 10.2 Å². The van der Waals surface area contributed by atoms with Crippen molar-refractivity contribution in [2.24, 2.45) is 0 Å². The van der Waals surface area contributed by atoms with Crippen LogP contribution in [0.5, 0.6) is 0 Å². The summed E-state index contributed by atoms with van der Waals surface area (Å²) in [5.74, 6) is -0.189. The lowest BCUT2D eigenvalue weighted by atomic mass is 10.1. The van der Waals surface area contributed by atoms with E-state index in [2.05, 4.69) is 10.2 Å². The van der Waals surface area contributed by atoms with Crippen LogP contribution in [0, 0.1) is 0 Å². The number of hydrogen-bond acceptors (Lipinski definition) is 5. The highest BCUT2D eigenvalue weighted by Crippen LogP contribution is 2.12. The summed E-state index contributed by atoms with van der Waals surface area (Å²) in [5.41, 5.74) is 0. The maximum absolute atomic E-state index is 11.6. The van der Waals surface area contributed by atoms with Gasteiger partial charge in [0.1, 0.15) is 6.04 Å². The molecule has 1 aliphatic rings. The summed E-state index contributed by atoms with van der Waals surface area (Å²) in [5, 5.41) is 3.16. The molecule has 2 atom stereocenters. The van der Waals surface area contributed by atoms with E-state index in [1.54, 1.807) is 7.11 Å². The van der Waals surface area contributed by atoms with Crippen LogP contribution in [0.1, 0.15) is 19.8 Å². The van der Waals surface area contributed by atoms with Crippen LogP contribution in [0.15, 0.2) is 0 Å². The van der Waals surface area contributed by atoms with Crippen LogP contribution in [0.2, 0.25) is 0 Å². The van der Waals surface area contributed by atoms with Gasteiger partial charge in [-0.1, -0.05) is 6.92 Å². The Morgan fingerprint density at radius 2 is 2.29 bits per heavy atom. The number of carbonyl (C=O) groups is 1. The first kappa shape index (κ1) is 14.4. The maximum Gasteiger partial charge on any atom is 0.324 e. The predicted molar refractivity (Wildman–Crippen MR) is 66.0 cm³/mol. The number of nitrogens with zero attached hydrogens (tertiary/aromatic N) is 1. The van der Waals surface area contributed by atoms with Crippen molar-refractivity contribution in [3.05, 3.63) is 0 Å². The molecule has 1 saturated heterocycles. The molecule has 1 rings (SSSR count). The van der Waals surface area contributed by atoms with Crippen LogP contribution in [0.25, 0.3) is 0 Å². The molecule has 5 nitrogen and oxygen atoms in total. The number of nitrogens with one attached hydrogen (secondary N) is 1. The Balaban J connectivity index is 2.45. The van der Waals surface area contributed by atoms with E-state index < -0.39 is 0 Å². The number of hydrogen-bond donors (Lipinski definition) is 1. The van der Waals surface area contributed by atoms with Crippen LogP contribution >= 0.6 is 0 Å². The van der Waals surface area contributed by atoms with Crippen LogP contribution in [0.3, 0.4) is 0 Å². The second kappa shape index (κ2) is 7.63. The third-order valence-corrected chi connectivity index (χ3v) is 3.17. The monoisotopic (exact) mass is 244 g/mol. The normalized spacial score (nSPS) is 23.4. The summed E-state index contributed by atoms with van der Waals surface area (Å²) in [4.78, 5) is 13.8. The van der Waals surface area contributed by atoms with Crippen molar-refractivity contribution in [1.29, 1.82) is 0 Å². The maximum atomic E-state index is 11.6. The second-order valence-corrected chi connectivity index (χ2v) is 4.39. The lowest BCUT2D eigenvalue weighted by molar-refractivity contribution is -0.143. The smallest absolute Gasteiger partial charge is 0.324 e. The molecule has 100 valence electrons. The van der Waals surface area contributed by atoms with Gasteiger partial charge in [0, 0.05) is 20.2 Å². The number of piperidine rings is 1. The minimum atomic E-state index is -0.236. The van der Waals surface area contributed by atoms with E-state index in [0.717, 1.165) is 32.5 Å². The van der Waals surface area contributed by atoms with E-state index in [4.69, 9.17) is 9.47 Å². The van der Waals surface area contributed by atoms with Crippen molar-refractivity contribution in [3.63, 3.8) is 0 Å². The van der Waals surface area contributed by atoms with Gasteiger partial charge in [-0.3, -0.25) is 9.69 Å². The Morgan fingerprint density at radius 1 is 1.53 bits per heavy atom. The fourth-order valence-electron chi connectivity index (χ4n) is 2.24. The van der Waals surface area contributed by atoms with Gasteiger partial charge in [0.2, 0.25) is 0 Å². The first-order chi connectivity index (χ1) is 8.21. The van der Waals surface area contributed by atoms with Crippen molar-refractivity contribution in [2.45, 2.75) is 31.9 Å². The third kappa shape index (κ3) is 4.61. The number of ether oxygens (including phenoxy) is 2. The largest absolute Gasteiger partial charge is 0.468 e. The molecule has 1 aliphatic heterocycles. The predicted octanol–water partition coefficient (Wildman–Crippen LogP) is 0.248. The van der Waals surface area contributed by atoms with Gasteiger partial charge < -0.3 is 14.8 Å². The fourth-order valence-corrected chi connectivity index (χ4v) is 2.24. The van der Waals surface area contributed by atoms with Gasteiger partial charge in [-0.2, -0.15) is 0 Å². The average Bonchev–Trinajstić information content (AvgIpc) is 2.37. The van der Waals surface area contributed by atoms with Crippen molar-refractivity contribution in [3.8, 4) is 0 Å². The minimum Gasteiger partial charge on any atom is -0.468 e. The number of likely N-dealkylation sites (tertiary alicyclic amines) is 1. The summed E-state index contributed by atoms with van der Waals surface area (Å²) < 4.78 is 10.2. The molecule has 5 heteroatoms. The lowest BCUT2D eigenvalue weighted by Crippen LogP contribution is -2.50. The lowest BCUT2D eigenvalue weighted by Gasteiger charge is -2.33. The molecule has 2 unspecified atom stereocenters. The Labute approximate surface area is 103 Å². The van der Waals surface area contributed by atoms with Crippen molar-refractivity contribution < 1.29 is 14.3 Å². The standard InChI is InChI=1S/C12H24N2O3/c1-4-13-11(12(15)17-3)9-14-7-5-6-10(8-14)16-2/h10-11,13H,4-9H2,1-3H3. The Morgan fingerprint density at radius 3 is 2.88 bits per heavy atom. The van der Waals surface area contributed by atoms with Gasteiger partial charge >= 0.3 is 5.97 Å². The van der Waals surface area contributed by atoms with Gasteiger partial charge in [-0.15, -0.1) is 0 Å². The molecule has 0 aromatic rings. The fraction of sp³-hybridized carbons (Fsp3) is 0.917. The summed E-state index contributed by atoms with van der Waals surface area (Å²) >= 11 is 0. The van der Waals surface area contributed by atoms with Gasteiger partial charge in [0.05, 0.1) is 13.2 Å². The van der Waals surface area contributed by atoms with E-state index in [1.165, 1.54) is 7.11 Å². The zero-order chi connectivity index (χ0) is 12.7. The Hall–Kier alpha value is -0.650. The number of likely N-dealkylation sites (N-methyl/N-ethyl adjacent to an activating group) is 1. The molecule has 0 aromatic carbocycles. The number of methoxy groups -OCH3 is 2. The van der Waals surface area contributed by atoms with Crippen LogP contribution in [-0.4, -0.2) is 63.4 Å². The molecule has 0 radical (unpaired) electrons. The molecule has 1 heterocycles. The van der Waals surface area contributed by atoms with E-state index in [0.29, 0.717) is 12.6 Å². The second-order valence-electron chi connectivity index (χ2n) is 4.39. The first-order valence-corrected chi connectivity index (χ1v) is 6.27. The van der Waals surface area contributed by atoms with Crippen LogP contribution in [0.4, 0.5) is 0 Å². The minimum absolute atomic E-state index is 0.189. The number of carbonyl (C=O) groups excluding carboxylic acids is 1. The topological polar surface area (TPSA) is 50.8 Å². The molecule has 0 spiro atoms. The van der Waals surface area contributed by atoms with Crippen LogP contribution < -0.4 is 5.32 Å². The van der Waals surface area contributed by atoms with Gasteiger partial charge in [-0.05, 0) is 25.9 Å². The summed E-state index contributed by atoms with van der Waals surface area (Å²) in [7, 11) is 3.18. The highest BCUT2D eigenvalue weighted by molar-refractivity contribution is 5.75. The Bertz CT molecular complexity index is 236. The van der Waals surface area contributed by atoms with E-state index >= 15 is 0 Å². The molecule has 0 aliphatic carbocycles. The Kier molecular flexibility index (Phi) is 6.47. The summed E-state index contributed by atoms with van der Waals surface area (Å²) in [6.07, 6.45) is 2.53. The SMILES string of the molecule is CCNC(CN1CCCC(OC)C1)C(=O)OC. The van der Waals surface area contributed by atoms with Crippen molar-refractivity contribution in [2.75, 3.05) is 40.4 Å². The summed E-state index contributed by atoms with van der Waals surface area (Å²) in [6.45, 7) is 5.37. The molecular formula is C12H24N2O3. The molecule has 0 saturated carbocycles.